The lowest BCUT2D eigenvalue weighted by molar-refractivity contribution is -0.402. The van der Waals surface area contributed by atoms with Crippen LogP contribution in [0.2, 0.25) is 0 Å². The number of carbonyl (C=O) groups excluding carboxylic acids is 1. The number of benzene rings is 1. The smallest absolute Gasteiger partial charge is 0.400 e. The van der Waals surface area contributed by atoms with Crippen LogP contribution in [0.5, 0.6) is 0 Å². The lowest BCUT2D eigenvalue weighted by Crippen LogP contribution is -2.26. The fourth-order valence-electron chi connectivity index (χ4n) is 2.49. The number of nitrogens with zero attached hydrogens (tertiary/aromatic N) is 3. The highest BCUT2D eigenvalue weighted by molar-refractivity contribution is 5.97. The summed E-state index contributed by atoms with van der Waals surface area (Å²) >= 11 is 0. The molecule has 9 heteroatoms. The largest absolute Gasteiger partial charge is 0.433 e. The van der Waals surface area contributed by atoms with Gasteiger partial charge < -0.3 is 8.98 Å². The van der Waals surface area contributed by atoms with Crippen molar-refractivity contribution in [1.82, 2.24) is 9.99 Å². The maximum Gasteiger partial charge on any atom is 0.433 e. The highest BCUT2D eigenvalue weighted by atomic mass is 16.6. The number of furan rings is 1. The van der Waals surface area contributed by atoms with Crippen LogP contribution >= 0.6 is 0 Å². The van der Waals surface area contributed by atoms with Crippen LogP contribution in [0.15, 0.2) is 56.9 Å². The van der Waals surface area contributed by atoms with Gasteiger partial charge in [0.2, 0.25) is 5.43 Å². The van der Waals surface area contributed by atoms with Gasteiger partial charge in [0.15, 0.2) is 5.76 Å². The van der Waals surface area contributed by atoms with Crippen LogP contribution in [0.4, 0.5) is 5.88 Å². The normalized spacial score (nSPS) is 11.1. The second-order valence-electron chi connectivity index (χ2n) is 5.31. The van der Waals surface area contributed by atoms with E-state index in [1.807, 2.05) is 19.1 Å². The lowest BCUT2D eigenvalue weighted by Gasteiger charge is -2.10. The first-order valence-electron chi connectivity index (χ1n) is 7.71. The summed E-state index contributed by atoms with van der Waals surface area (Å²) in [6.45, 7) is 2.49. The maximum absolute atomic E-state index is 12.5. The van der Waals surface area contributed by atoms with Crippen LogP contribution in [0.25, 0.3) is 10.9 Å². The second kappa shape index (κ2) is 7.01. The molecular formula is C17H14N4O5. The van der Waals surface area contributed by atoms with E-state index in [1.165, 1.54) is 18.3 Å². The molecule has 0 spiro atoms. The molecule has 0 bridgehead atoms. The van der Waals surface area contributed by atoms with Gasteiger partial charge in [0, 0.05) is 18.1 Å². The Labute approximate surface area is 146 Å². The van der Waals surface area contributed by atoms with E-state index in [-0.39, 0.29) is 11.3 Å². The molecule has 0 aliphatic heterocycles. The zero-order valence-electron chi connectivity index (χ0n) is 13.7. The molecule has 0 aliphatic rings. The Balaban J connectivity index is 1.85. The molecule has 3 rings (SSSR count). The number of para-hydroxylation sites is 1. The number of fused-ring (bicyclic) bond motifs is 1. The van der Waals surface area contributed by atoms with Crippen molar-refractivity contribution in [2.24, 2.45) is 5.10 Å². The topological polar surface area (TPSA) is 120 Å². The summed E-state index contributed by atoms with van der Waals surface area (Å²) in [5, 5.41) is 14.7. The van der Waals surface area contributed by atoms with Gasteiger partial charge in [-0.2, -0.15) is 5.10 Å². The number of hydrogen-bond donors (Lipinski definition) is 1. The Bertz CT molecular complexity index is 1080. The van der Waals surface area contributed by atoms with Gasteiger partial charge in [-0.05, 0) is 25.1 Å². The van der Waals surface area contributed by atoms with E-state index < -0.39 is 22.1 Å². The van der Waals surface area contributed by atoms with E-state index in [0.717, 1.165) is 11.7 Å². The third-order valence-electron chi connectivity index (χ3n) is 3.72. The minimum absolute atomic E-state index is 0.0480. The third kappa shape index (κ3) is 3.22. The summed E-state index contributed by atoms with van der Waals surface area (Å²) in [4.78, 5) is 34.7. The molecule has 0 saturated heterocycles. The van der Waals surface area contributed by atoms with Crippen LogP contribution in [0.1, 0.15) is 23.0 Å². The molecule has 0 atom stereocenters. The Morgan fingerprint density at radius 1 is 1.35 bits per heavy atom. The lowest BCUT2D eigenvalue weighted by atomic mass is 10.1. The number of amides is 1. The first-order valence-corrected chi connectivity index (χ1v) is 7.71. The number of carbonyl (C=O) groups is 1. The van der Waals surface area contributed by atoms with E-state index in [2.05, 4.69) is 10.5 Å². The minimum atomic E-state index is -0.682. The molecule has 1 aromatic carbocycles. The monoisotopic (exact) mass is 354 g/mol. The predicted molar refractivity (Wildman–Crippen MR) is 94.3 cm³/mol. The third-order valence-corrected chi connectivity index (χ3v) is 3.72. The van der Waals surface area contributed by atoms with Crippen LogP contribution in [0, 0.1) is 10.1 Å². The Morgan fingerprint density at radius 2 is 2.12 bits per heavy atom. The van der Waals surface area contributed by atoms with Gasteiger partial charge in [-0.3, -0.25) is 19.7 Å². The van der Waals surface area contributed by atoms with Crippen molar-refractivity contribution in [2.45, 2.75) is 13.5 Å². The standard InChI is InChI=1S/C17H14N4O5/c1-2-20-10-13(16(22)12-5-3-4-6-14(12)20)17(23)19-18-9-11-7-8-15(26-11)21(24)25/h3-10H,2H2,1H3,(H,19,23). The van der Waals surface area contributed by atoms with Gasteiger partial charge in [-0.1, -0.05) is 12.1 Å². The molecule has 2 aromatic heterocycles. The number of aryl methyl sites for hydroxylation is 1. The van der Waals surface area contributed by atoms with Crippen LogP contribution in [0.3, 0.4) is 0 Å². The van der Waals surface area contributed by atoms with Crippen LogP contribution in [-0.4, -0.2) is 21.6 Å². The minimum Gasteiger partial charge on any atom is -0.400 e. The quantitative estimate of drug-likeness (QED) is 0.428. The zero-order chi connectivity index (χ0) is 18.7. The summed E-state index contributed by atoms with van der Waals surface area (Å²) in [5.74, 6) is -1.01. The Kier molecular flexibility index (Phi) is 4.61. The van der Waals surface area contributed by atoms with Crippen molar-refractivity contribution < 1.29 is 14.1 Å². The molecule has 3 aromatic rings. The average molecular weight is 354 g/mol. The van der Waals surface area contributed by atoms with E-state index in [0.29, 0.717) is 11.9 Å². The van der Waals surface area contributed by atoms with Crippen molar-refractivity contribution in [3.63, 3.8) is 0 Å². The predicted octanol–water partition coefficient (Wildman–Crippen LogP) is 2.29. The first-order chi connectivity index (χ1) is 12.5. The molecular weight excluding hydrogens is 340 g/mol. The van der Waals surface area contributed by atoms with E-state index in [4.69, 9.17) is 4.42 Å². The molecule has 1 amide bonds. The van der Waals surface area contributed by atoms with Gasteiger partial charge in [-0.15, -0.1) is 0 Å². The highest BCUT2D eigenvalue weighted by Crippen LogP contribution is 2.14. The van der Waals surface area contributed by atoms with Gasteiger partial charge in [0.1, 0.15) is 10.5 Å². The molecule has 9 nitrogen and oxygen atoms in total. The molecule has 0 unspecified atom stereocenters. The first kappa shape index (κ1) is 17.1. The SMILES string of the molecule is CCn1cc(C(=O)NN=Cc2ccc([N+](=O)[O-])o2)c(=O)c2ccccc21. The number of rotatable bonds is 5. The van der Waals surface area contributed by atoms with Gasteiger partial charge >= 0.3 is 5.88 Å². The van der Waals surface area contributed by atoms with Crippen molar-refractivity contribution in [3.05, 3.63) is 74.3 Å². The summed E-state index contributed by atoms with van der Waals surface area (Å²) in [7, 11) is 0. The number of hydrazone groups is 1. The van der Waals surface area contributed by atoms with Gasteiger partial charge in [0.05, 0.1) is 17.8 Å². The zero-order valence-corrected chi connectivity index (χ0v) is 13.7. The molecule has 0 aliphatic carbocycles. The van der Waals surface area contributed by atoms with Crippen LogP contribution in [-0.2, 0) is 6.54 Å². The number of pyridine rings is 1. The molecule has 0 saturated carbocycles. The second-order valence-corrected chi connectivity index (χ2v) is 5.31. The summed E-state index contributed by atoms with van der Waals surface area (Å²) < 4.78 is 6.68. The van der Waals surface area contributed by atoms with Gasteiger partial charge in [0.25, 0.3) is 5.91 Å². The fourth-order valence-corrected chi connectivity index (χ4v) is 2.49. The Morgan fingerprint density at radius 3 is 2.81 bits per heavy atom. The molecule has 26 heavy (non-hydrogen) atoms. The van der Waals surface area contributed by atoms with Crippen LogP contribution < -0.4 is 10.9 Å². The van der Waals surface area contributed by atoms with E-state index in [1.54, 1.807) is 16.7 Å². The highest BCUT2D eigenvalue weighted by Gasteiger charge is 2.15. The van der Waals surface area contributed by atoms with Crippen molar-refractivity contribution in [1.29, 1.82) is 0 Å². The number of aromatic nitrogens is 1. The van der Waals surface area contributed by atoms with Crippen molar-refractivity contribution >= 4 is 28.9 Å². The summed E-state index contributed by atoms with van der Waals surface area (Å²) in [6, 6.07) is 9.53. The van der Waals surface area contributed by atoms with E-state index >= 15 is 0 Å². The van der Waals surface area contributed by atoms with Gasteiger partial charge in [-0.25, -0.2) is 5.43 Å². The van der Waals surface area contributed by atoms with Crippen molar-refractivity contribution in [3.8, 4) is 0 Å². The molecule has 1 N–H and O–H groups in total. The number of nitrogens with one attached hydrogen (secondary N) is 1. The molecule has 0 fully saturated rings. The number of hydrogen-bond acceptors (Lipinski definition) is 6. The van der Waals surface area contributed by atoms with E-state index in [9.17, 15) is 19.7 Å². The summed E-state index contributed by atoms with van der Waals surface area (Å²) in [6.07, 6.45) is 2.59. The average Bonchev–Trinajstić information content (AvgIpc) is 3.11. The molecule has 132 valence electrons. The summed E-state index contributed by atoms with van der Waals surface area (Å²) in [5.41, 5.74) is 2.52. The maximum atomic E-state index is 12.5. The number of nitro groups is 1. The Hall–Kier alpha value is -3.75. The molecule has 2 heterocycles. The molecule has 0 radical (unpaired) electrons. The van der Waals surface area contributed by atoms with Crippen molar-refractivity contribution in [2.75, 3.05) is 0 Å². The fraction of sp³-hybridized carbons (Fsp3) is 0.118.